The molecule has 0 saturated heterocycles. The Morgan fingerprint density at radius 3 is 2.72 bits per heavy atom. The van der Waals surface area contributed by atoms with Crippen molar-refractivity contribution in [3.63, 3.8) is 0 Å². The third kappa shape index (κ3) is 1.88. The van der Waals surface area contributed by atoms with Crippen molar-refractivity contribution in [3.8, 4) is 0 Å². The normalized spacial score (nSPS) is 40.4. The third-order valence-electron chi connectivity index (χ3n) is 5.24. The molecule has 0 amide bonds. The van der Waals surface area contributed by atoms with Gasteiger partial charge in [0.05, 0.1) is 6.10 Å². The molecule has 2 saturated carbocycles. The van der Waals surface area contributed by atoms with Gasteiger partial charge in [0.25, 0.3) is 0 Å². The zero-order valence-electron chi connectivity index (χ0n) is 11.8. The van der Waals surface area contributed by atoms with Gasteiger partial charge >= 0.3 is 0 Å². The Labute approximate surface area is 110 Å². The van der Waals surface area contributed by atoms with Gasteiger partial charge in [-0.15, -0.1) is 5.73 Å². The van der Waals surface area contributed by atoms with Crippen LogP contribution >= 0.6 is 0 Å². The van der Waals surface area contributed by atoms with E-state index in [1.165, 1.54) is 0 Å². The highest BCUT2D eigenvalue weighted by Crippen LogP contribution is 2.67. The van der Waals surface area contributed by atoms with Crippen molar-refractivity contribution in [2.75, 3.05) is 0 Å². The minimum absolute atomic E-state index is 0.0567. The van der Waals surface area contributed by atoms with E-state index in [0.717, 1.165) is 6.42 Å². The Bertz CT molecular complexity index is 403. The van der Waals surface area contributed by atoms with Crippen LogP contribution in [-0.4, -0.2) is 17.0 Å². The van der Waals surface area contributed by atoms with Gasteiger partial charge in [0, 0.05) is 17.8 Å². The van der Waals surface area contributed by atoms with Gasteiger partial charge in [-0.25, -0.2) is 0 Å². The number of carbonyl (C=O) groups is 1. The molecule has 0 aromatic carbocycles. The predicted molar refractivity (Wildman–Crippen MR) is 71.9 cm³/mol. The maximum absolute atomic E-state index is 12.4. The lowest BCUT2D eigenvalue weighted by Crippen LogP contribution is -2.40. The van der Waals surface area contributed by atoms with Crippen LogP contribution in [-0.2, 0) is 4.79 Å². The lowest BCUT2D eigenvalue weighted by Gasteiger charge is -2.31. The Morgan fingerprint density at radius 1 is 1.56 bits per heavy atom. The fourth-order valence-corrected chi connectivity index (χ4v) is 3.94. The van der Waals surface area contributed by atoms with Crippen LogP contribution in [0.1, 0.15) is 34.1 Å². The summed E-state index contributed by atoms with van der Waals surface area (Å²) >= 11 is 0. The van der Waals surface area contributed by atoms with Crippen LogP contribution in [0, 0.1) is 35.0 Å². The fraction of sp³-hybridized carbons (Fsp3) is 0.750. The molecule has 0 spiro atoms. The molecule has 0 radical (unpaired) electrons. The summed E-state index contributed by atoms with van der Waals surface area (Å²) in [5.41, 5.74) is 2.93. The Kier molecular flexibility index (Phi) is 3.29. The zero-order chi connectivity index (χ0) is 13.7. The fourth-order valence-electron chi connectivity index (χ4n) is 3.94. The van der Waals surface area contributed by atoms with E-state index in [0.29, 0.717) is 11.8 Å². The molecular weight excluding hydrogens is 224 g/mol. The number of ketones is 1. The second kappa shape index (κ2) is 4.36. The first-order chi connectivity index (χ1) is 8.32. The number of Topliss-reactive ketones (excluding diaryl/α,β-unsaturated/α-hetero) is 1. The predicted octanol–water partition coefficient (Wildman–Crippen LogP) is 2.82. The van der Waals surface area contributed by atoms with E-state index in [9.17, 15) is 9.90 Å². The van der Waals surface area contributed by atoms with E-state index in [2.05, 4.69) is 26.2 Å². The molecule has 18 heavy (non-hydrogen) atoms. The molecule has 2 aliphatic carbocycles. The molecule has 2 rings (SSSR count). The van der Waals surface area contributed by atoms with Gasteiger partial charge in [0.2, 0.25) is 0 Å². The SMILES string of the molecule is C=C=C[C@@H](C)[C@@H](O)[C@@H]1C(=O)[C@H](C)C[C@@H]2[C@H]1C2(C)C. The van der Waals surface area contributed by atoms with Crippen molar-refractivity contribution in [2.24, 2.45) is 35.0 Å². The van der Waals surface area contributed by atoms with E-state index in [1.807, 2.05) is 13.8 Å². The summed E-state index contributed by atoms with van der Waals surface area (Å²) in [5.74, 6) is 1.04. The lowest BCUT2D eigenvalue weighted by molar-refractivity contribution is -0.134. The van der Waals surface area contributed by atoms with E-state index >= 15 is 0 Å². The quantitative estimate of drug-likeness (QED) is 0.780. The summed E-state index contributed by atoms with van der Waals surface area (Å²) in [6.45, 7) is 11.9. The van der Waals surface area contributed by atoms with Gasteiger partial charge in [0.15, 0.2) is 0 Å². The standard InChI is InChI=1S/C16H24O2/c1-6-7-9(2)14(17)12-13-11(16(13,4)5)8-10(3)15(12)18/h7,9-14,17H,1,8H2,2-5H3/t9-,10-,11-,12-,13-,14-/m1/s1. The highest BCUT2D eigenvalue weighted by Gasteiger charge is 2.66. The van der Waals surface area contributed by atoms with E-state index in [1.54, 1.807) is 6.08 Å². The molecule has 0 aromatic rings. The van der Waals surface area contributed by atoms with E-state index in [-0.39, 0.29) is 29.0 Å². The molecular formula is C16H24O2. The molecule has 1 N–H and O–H groups in total. The summed E-state index contributed by atoms with van der Waals surface area (Å²) in [4.78, 5) is 12.4. The van der Waals surface area contributed by atoms with Gasteiger partial charge in [-0.05, 0) is 29.7 Å². The van der Waals surface area contributed by atoms with Gasteiger partial charge in [-0.1, -0.05) is 34.3 Å². The molecule has 0 aromatic heterocycles. The van der Waals surface area contributed by atoms with Crippen LogP contribution in [0.15, 0.2) is 18.4 Å². The first kappa shape index (κ1) is 13.6. The second-order valence-corrected chi connectivity index (χ2v) is 6.74. The molecule has 0 unspecified atom stereocenters. The highest BCUT2D eigenvalue weighted by molar-refractivity contribution is 5.86. The smallest absolute Gasteiger partial charge is 0.141 e. The first-order valence-corrected chi connectivity index (χ1v) is 6.90. The molecule has 0 aliphatic heterocycles. The zero-order valence-corrected chi connectivity index (χ0v) is 11.8. The minimum Gasteiger partial charge on any atom is -0.392 e. The van der Waals surface area contributed by atoms with Gasteiger partial charge in [-0.2, -0.15) is 0 Å². The monoisotopic (exact) mass is 248 g/mol. The molecule has 2 nitrogen and oxygen atoms in total. The number of rotatable bonds is 3. The molecule has 0 bridgehead atoms. The van der Waals surface area contributed by atoms with E-state index < -0.39 is 6.10 Å². The van der Waals surface area contributed by atoms with Crippen molar-refractivity contribution < 1.29 is 9.90 Å². The Morgan fingerprint density at radius 2 is 2.17 bits per heavy atom. The average molecular weight is 248 g/mol. The van der Waals surface area contributed by atoms with Crippen LogP contribution in [0.2, 0.25) is 0 Å². The average Bonchev–Trinajstić information content (AvgIpc) is 2.82. The third-order valence-corrected chi connectivity index (χ3v) is 5.24. The maximum Gasteiger partial charge on any atom is 0.141 e. The Balaban J connectivity index is 2.24. The summed E-state index contributed by atoms with van der Waals surface area (Å²) in [7, 11) is 0. The van der Waals surface area contributed by atoms with Crippen molar-refractivity contribution >= 4 is 5.78 Å². The number of aliphatic hydroxyl groups is 1. The van der Waals surface area contributed by atoms with Crippen LogP contribution in [0.25, 0.3) is 0 Å². The summed E-state index contributed by atoms with van der Waals surface area (Å²) in [6.07, 6.45) is 2.16. The summed E-state index contributed by atoms with van der Waals surface area (Å²) in [6, 6.07) is 0. The largest absolute Gasteiger partial charge is 0.392 e. The van der Waals surface area contributed by atoms with Gasteiger partial charge < -0.3 is 5.11 Å². The molecule has 100 valence electrons. The molecule has 6 atom stereocenters. The van der Waals surface area contributed by atoms with Crippen molar-refractivity contribution in [2.45, 2.75) is 40.2 Å². The molecule has 2 fully saturated rings. The topological polar surface area (TPSA) is 37.3 Å². The first-order valence-electron chi connectivity index (χ1n) is 6.90. The van der Waals surface area contributed by atoms with Crippen LogP contribution in [0.4, 0.5) is 0 Å². The number of fused-ring (bicyclic) bond motifs is 1. The van der Waals surface area contributed by atoms with Crippen LogP contribution in [0.5, 0.6) is 0 Å². The summed E-state index contributed by atoms with van der Waals surface area (Å²) in [5, 5.41) is 10.5. The summed E-state index contributed by atoms with van der Waals surface area (Å²) < 4.78 is 0. The molecule has 0 heterocycles. The maximum atomic E-state index is 12.4. The van der Waals surface area contributed by atoms with E-state index in [4.69, 9.17) is 0 Å². The minimum atomic E-state index is -0.594. The molecule has 2 heteroatoms. The second-order valence-electron chi connectivity index (χ2n) is 6.74. The Hall–Kier alpha value is -0.850. The van der Waals surface area contributed by atoms with Gasteiger partial charge in [0.1, 0.15) is 5.78 Å². The van der Waals surface area contributed by atoms with Crippen molar-refractivity contribution in [3.05, 3.63) is 18.4 Å². The molecule has 2 aliphatic rings. The van der Waals surface area contributed by atoms with Crippen molar-refractivity contribution in [1.82, 2.24) is 0 Å². The number of aliphatic hydroxyl groups excluding tert-OH is 1. The number of carbonyl (C=O) groups excluding carboxylic acids is 1. The van der Waals surface area contributed by atoms with Crippen molar-refractivity contribution in [1.29, 1.82) is 0 Å². The number of hydrogen-bond donors (Lipinski definition) is 1. The lowest BCUT2D eigenvalue weighted by atomic mass is 9.75. The highest BCUT2D eigenvalue weighted by atomic mass is 16.3. The van der Waals surface area contributed by atoms with Crippen LogP contribution < -0.4 is 0 Å². The van der Waals surface area contributed by atoms with Gasteiger partial charge in [-0.3, -0.25) is 4.79 Å². The van der Waals surface area contributed by atoms with Crippen LogP contribution in [0.3, 0.4) is 0 Å². The number of hydrogen-bond acceptors (Lipinski definition) is 2.